The van der Waals surface area contributed by atoms with Gasteiger partial charge in [0.25, 0.3) is 5.91 Å². The third kappa shape index (κ3) is 2.67. The summed E-state index contributed by atoms with van der Waals surface area (Å²) in [6, 6.07) is 5.57. The number of hydrogen-bond donors (Lipinski definition) is 2. The quantitative estimate of drug-likeness (QED) is 0.911. The molecule has 0 aliphatic rings. The van der Waals surface area contributed by atoms with Crippen molar-refractivity contribution >= 4 is 44.6 Å². The Morgan fingerprint density at radius 2 is 2.32 bits per heavy atom. The fourth-order valence-electron chi connectivity index (χ4n) is 1.74. The molecule has 19 heavy (non-hydrogen) atoms. The summed E-state index contributed by atoms with van der Waals surface area (Å²) in [6.07, 6.45) is 0. The third-order valence-electron chi connectivity index (χ3n) is 2.58. The van der Waals surface area contributed by atoms with Gasteiger partial charge >= 0.3 is 0 Å². The van der Waals surface area contributed by atoms with Crippen molar-refractivity contribution in [2.24, 2.45) is 0 Å². The van der Waals surface area contributed by atoms with E-state index in [1.54, 1.807) is 7.11 Å². The summed E-state index contributed by atoms with van der Waals surface area (Å²) in [7, 11) is 1.57. The van der Waals surface area contributed by atoms with Crippen molar-refractivity contribution in [1.29, 1.82) is 0 Å². The Bertz CT molecular complexity index is 651. The first-order valence-corrected chi connectivity index (χ1v) is 6.70. The molecule has 1 heterocycles. The molecular weight excluding hydrogens is 284 g/mol. The van der Waals surface area contributed by atoms with Gasteiger partial charge in [-0.25, -0.2) is 0 Å². The largest absolute Gasteiger partial charge is 0.496 e. The lowest BCUT2D eigenvalue weighted by molar-refractivity contribution is 0.0962. The van der Waals surface area contributed by atoms with Crippen LogP contribution in [0.25, 0.3) is 10.1 Å². The predicted octanol–water partition coefficient (Wildman–Crippen LogP) is 2.97. The standard InChI is InChI=1S/C13H13ClN2O2S/c1-7(14)6-16-13(17)12-11(15)10-8(18-2)4-3-5-9(10)19-12/h3-5H,1,6,15H2,2H3,(H,16,17). The summed E-state index contributed by atoms with van der Waals surface area (Å²) in [5.41, 5.74) is 6.46. The van der Waals surface area contributed by atoms with Gasteiger partial charge in [-0.05, 0) is 12.1 Å². The predicted molar refractivity (Wildman–Crippen MR) is 80.1 cm³/mol. The topological polar surface area (TPSA) is 64.3 Å². The first-order valence-electron chi connectivity index (χ1n) is 5.51. The molecule has 1 aromatic heterocycles. The van der Waals surface area contributed by atoms with E-state index in [-0.39, 0.29) is 12.5 Å². The molecule has 0 unspecified atom stereocenters. The molecule has 100 valence electrons. The van der Waals surface area contributed by atoms with Gasteiger partial charge in [0.15, 0.2) is 0 Å². The maximum atomic E-state index is 12.0. The van der Waals surface area contributed by atoms with E-state index >= 15 is 0 Å². The number of methoxy groups -OCH3 is 1. The Morgan fingerprint density at radius 1 is 1.58 bits per heavy atom. The molecular formula is C13H13ClN2O2S. The molecule has 3 N–H and O–H groups in total. The lowest BCUT2D eigenvalue weighted by Gasteiger charge is -2.04. The van der Waals surface area contributed by atoms with E-state index in [1.165, 1.54) is 11.3 Å². The van der Waals surface area contributed by atoms with Crippen LogP contribution in [-0.4, -0.2) is 19.6 Å². The van der Waals surface area contributed by atoms with Crippen LogP contribution in [-0.2, 0) is 0 Å². The highest BCUT2D eigenvalue weighted by atomic mass is 35.5. The van der Waals surface area contributed by atoms with Crippen molar-refractivity contribution < 1.29 is 9.53 Å². The summed E-state index contributed by atoms with van der Waals surface area (Å²) in [6.45, 7) is 3.73. The lowest BCUT2D eigenvalue weighted by Crippen LogP contribution is -2.24. The van der Waals surface area contributed by atoms with Crippen molar-refractivity contribution in [2.75, 3.05) is 19.4 Å². The van der Waals surface area contributed by atoms with Crippen LogP contribution in [0.1, 0.15) is 9.67 Å². The van der Waals surface area contributed by atoms with E-state index in [0.29, 0.717) is 21.3 Å². The van der Waals surface area contributed by atoms with E-state index in [2.05, 4.69) is 11.9 Å². The highest BCUT2D eigenvalue weighted by Gasteiger charge is 2.18. The molecule has 0 bridgehead atoms. The number of halogens is 1. The minimum absolute atomic E-state index is 0.214. The van der Waals surface area contributed by atoms with E-state index in [9.17, 15) is 4.79 Å². The van der Waals surface area contributed by atoms with Gasteiger partial charge in [-0.3, -0.25) is 4.79 Å². The third-order valence-corrected chi connectivity index (χ3v) is 3.88. The number of benzene rings is 1. The van der Waals surface area contributed by atoms with E-state index in [0.717, 1.165) is 10.1 Å². The van der Waals surface area contributed by atoms with Crippen LogP contribution < -0.4 is 15.8 Å². The summed E-state index contributed by atoms with van der Waals surface area (Å²) in [5, 5.41) is 3.79. The molecule has 2 aromatic rings. The fourth-order valence-corrected chi connectivity index (χ4v) is 2.86. The Kier molecular flexibility index (Phi) is 3.97. The number of carbonyl (C=O) groups excluding carboxylic acids is 1. The van der Waals surface area contributed by atoms with Gasteiger partial charge in [0.05, 0.1) is 24.7 Å². The minimum Gasteiger partial charge on any atom is -0.496 e. The smallest absolute Gasteiger partial charge is 0.263 e. The zero-order chi connectivity index (χ0) is 14.0. The molecule has 0 saturated carbocycles. The number of amides is 1. The van der Waals surface area contributed by atoms with Crippen LogP contribution in [0.2, 0.25) is 0 Å². The Balaban J connectivity index is 2.42. The minimum atomic E-state index is -0.262. The molecule has 0 saturated heterocycles. The first kappa shape index (κ1) is 13.7. The first-order chi connectivity index (χ1) is 9.04. The zero-order valence-electron chi connectivity index (χ0n) is 10.3. The number of nitrogen functional groups attached to an aromatic ring is 1. The lowest BCUT2D eigenvalue weighted by atomic mass is 10.2. The van der Waals surface area contributed by atoms with Crippen LogP contribution in [0.15, 0.2) is 29.8 Å². The molecule has 6 heteroatoms. The van der Waals surface area contributed by atoms with Gasteiger partial charge in [0.2, 0.25) is 0 Å². The summed E-state index contributed by atoms with van der Waals surface area (Å²) >= 11 is 6.94. The van der Waals surface area contributed by atoms with E-state index in [4.69, 9.17) is 22.1 Å². The number of nitrogens with one attached hydrogen (secondary N) is 1. The van der Waals surface area contributed by atoms with Crippen molar-refractivity contribution in [2.45, 2.75) is 0 Å². The fraction of sp³-hybridized carbons (Fsp3) is 0.154. The average Bonchev–Trinajstić information content (AvgIpc) is 2.73. The molecule has 1 amide bonds. The van der Waals surface area contributed by atoms with Gasteiger partial charge in [-0.15, -0.1) is 11.3 Å². The summed E-state index contributed by atoms with van der Waals surface area (Å²) in [4.78, 5) is 12.5. The van der Waals surface area contributed by atoms with Crippen LogP contribution in [0.4, 0.5) is 5.69 Å². The number of anilines is 1. The molecule has 4 nitrogen and oxygen atoms in total. The van der Waals surface area contributed by atoms with Gasteiger partial charge in [0.1, 0.15) is 10.6 Å². The molecule has 0 radical (unpaired) electrons. The van der Waals surface area contributed by atoms with Crippen molar-refractivity contribution in [3.63, 3.8) is 0 Å². The van der Waals surface area contributed by atoms with Crippen molar-refractivity contribution in [3.05, 3.63) is 34.7 Å². The second-order valence-corrected chi connectivity index (χ2v) is 5.46. The second-order valence-electron chi connectivity index (χ2n) is 3.88. The summed E-state index contributed by atoms with van der Waals surface area (Å²) in [5.74, 6) is 0.398. The molecule has 0 spiro atoms. The number of nitrogens with two attached hydrogens (primary N) is 1. The molecule has 0 aliphatic carbocycles. The number of ether oxygens (including phenoxy) is 1. The highest BCUT2D eigenvalue weighted by Crippen LogP contribution is 2.39. The SMILES string of the molecule is C=C(Cl)CNC(=O)c1sc2cccc(OC)c2c1N. The second kappa shape index (κ2) is 5.50. The van der Waals surface area contributed by atoms with Gasteiger partial charge in [-0.1, -0.05) is 24.2 Å². The number of fused-ring (bicyclic) bond motifs is 1. The maximum absolute atomic E-state index is 12.0. The van der Waals surface area contributed by atoms with E-state index in [1.807, 2.05) is 18.2 Å². The van der Waals surface area contributed by atoms with Crippen LogP contribution >= 0.6 is 22.9 Å². The van der Waals surface area contributed by atoms with Gasteiger partial charge < -0.3 is 15.8 Å². The normalized spacial score (nSPS) is 10.4. The van der Waals surface area contributed by atoms with E-state index < -0.39 is 0 Å². The molecule has 0 aliphatic heterocycles. The van der Waals surface area contributed by atoms with Crippen LogP contribution in [0.5, 0.6) is 5.75 Å². The van der Waals surface area contributed by atoms with Gasteiger partial charge in [-0.2, -0.15) is 0 Å². The molecule has 0 fully saturated rings. The summed E-state index contributed by atoms with van der Waals surface area (Å²) < 4.78 is 6.17. The van der Waals surface area contributed by atoms with Gasteiger partial charge in [0, 0.05) is 9.73 Å². The number of hydrogen-bond acceptors (Lipinski definition) is 4. The van der Waals surface area contributed by atoms with Crippen molar-refractivity contribution in [3.8, 4) is 5.75 Å². The number of thiophene rings is 1. The monoisotopic (exact) mass is 296 g/mol. The molecule has 1 aromatic carbocycles. The maximum Gasteiger partial charge on any atom is 0.263 e. The Hall–Kier alpha value is -1.72. The number of rotatable bonds is 4. The van der Waals surface area contributed by atoms with Crippen molar-refractivity contribution in [1.82, 2.24) is 5.32 Å². The van der Waals surface area contributed by atoms with Crippen LogP contribution in [0, 0.1) is 0 Å². The Labute approximate surface area is 119 Å². The molecule has 0 atom stereocenters. The zero-order valence-corrected chi connectivity index (χ0v) is 11.9. The van der Waals surface area contributed by atoms with Crippen LogP contribution in [0.3, 0.4) is 0 Å². The Morgan fingerprint density at radius 3 is 2.95 bits per heavy atom. The number of carbonyl (C=O) groups is 1. The average molecular weight is 297 g/mol. The highest BCUT2D eigenvalue weighted by molar-refractivity contribution is 7.21. The molecule has 2 rings (SSSR count).